The van der Waals surface area contributed by atoms with E-state index in [1.165, 1.54) is 23.6 Å². The number of esters is 1. The second kappa shape index (κ2) is 4.84. The van der Waals surface area contributed by atoms with Crippen LogP contribution in [0.4, 0.5) is 0 Å². The van der Waals surface area contributed by atoms with Crippen molar-refractivity contribution in [1.82, 2.24) is 4.98 Å². The predicted octanol–water partition coefficient (Wildman–Crippen LogP) is 2.66. The first kappa shape index (κ1) is 10.7. The summed E-state index contributed by atoms with van der Waals surface area (Å²) in [6.07, 6.45) is 4.14. The quantitative estimate of drug-likeness (QED) is 0.800. The summed E-state index contributed by atoms with van der Waals surface area (Å²) in [5, 5.41) is 1.22. The number of aryl methyl sites for hydroxylation is 1. The van der Waals surface area contributed by atoms with Crippen LogP contribution in [0.5, 0.6) is 0 Å². The average molecular weight is 217 g/mol. The van der Waals surface area contributed by atoms with Crippen LogP contribution in [0.3, 0.4) is 0 Å². The van der Waals surface area contributed by atoms with Gasteiger partial charge < -0.3 is 9.72 Å². The third-order valence-electron chi connectivity index (χ3n) is 2.73. The molecule has 0 radical (unpaired) electrons. The van der Waals surface area contributed by atoms with Gasteiger partial charge in [-0.05, 0) is 29.9 Å². The SMILES string of the molecule is COC(=O)CCCc1cccc2cc[nH]c12. The Kier molecular flexibility index (Phi) is 3.25. The minimum Gasteiger partial charge on any atom is -0.469 e. The first-order valence-electron chi connectivity index (χ1n) is 5.43. The van der Waals surface area contributed by atoms with Gasteiger partial charge in [0.15, 0.2) is 0 Å². The first-order chi connectivity index (χ1) is 7.81. The number of methoxy groups -OCH3 is 1. The van der Waals surface area contributed by atoms with Crippen LogP contribution < -0.4 is 0 Å². The summed E-state index contributed by atoms with van der Waals surface area (Å²) in [6, 6.07) is 8.27. The molecule has 0 aliphatic heterocycles. The maximum atomic E-state index is 11.0. The second-order valence-corrected chi connectivity index (χ2v) is 3.79. The van der Waals surface area contributed by atoms with Crippen LogP contribution >= 0.6 is 0 Å². The van der Waals surface area contributed by atoms with Crippen LogP contribution in [-0.4, -0.2) is 18.1 Å². The molecular weight excluding hydrogens is 202 g/mol. The van der Waals surface area contributed by atoms with E-state index < -0.39 is 0 Å². The van der Waals surface area contributed by atoms with Gasteiger partial charge in [-0.3, -0.25) is 4.79 Å². The van der Waals surface area contributed by atoms with Crippen LogP contribution in [0.25, 0.3) is 10.9 Å². The van der Waals surface area contributed by atoms with Crippen molar-refractivity contribution in [2.45, 2.75) is 19.3 Å². The molecule has 2 aromatic rings. The van der Waals surface area contributed by atoms with E-state index >= 15 is 0 Å². The summed E-state index contributed by atoms with van der Waals surface area (Å²) in [6.45, 7) is 0. The molecule has 0 spiro atoms. The highest BCUT2D eigenvalue weighted by Crippen LogP contribution is 2.18. The number of ether oxygens (including phenoxy) is 1. The van der Waals surface area contributed by atoms with Gasteiger partial charge in [-0.15, -0.1) is 0 Å². The smallest absolute Gasteiger partial charge is 0.305 e. The van der Waals surface area contributed by atoms with Crippen molar-refractivity contribution < 1.29 is 9.53 Å². The van der Waals surface area contributed by atoms with Crippen molar-refractivity contribution in [3.05, 3.63) is 36.0 Å². The van der Waals surface area contributed by atoms with Gasteiger partial charge in [-0.25, -0.2) is 0 Å². The van der Waals surface area contributed by atoms with Crippen LogP contribution in [-0.2, 0) is 16.0 Å². The van der Waals surface area contributed by atoms with Crippen molar-refractivity contribution in [2.24, 2.45) is 0 Å². The maximum absolute atomic E-state index is 11.0. The molecule has 0 unspecified atom stereocenters. The molecule has 1 aromatic heterocycles. The highest BCUT2D eigenvalue weighted by molar-refractivity contribution is 5.82. The number of nitrogens with one attached hydrogen (secondary N) is 1. The van der Waals surface area contributed by atoms with Crippen LogP contribution in [0, 0.1) is 0 Å². The largest absolute Gasteiger partial charge is 0.469 e. The Morgan fingerprint density at radius 2 is 2.25 bits per heavy atom. The molecule has 2 rings (SSSR count). The standard InChI is InChI=1S/C13H15NO2/c1-16-12(15)7-3-6-10-4-2-5-11-8-9-14-13(10)11/h2,4-5,8-9,14H,3,6-7H2,1H3. The summed E-state index contributed by atoms with van der Waals surface area (Å²) in [4.78, 5) is 14.2. The zero-order valence-electron chi connectivity index (χ0n) is 9.32. The fourth-order valence-electron chi connectivity index (χ4n) is 1.88. The minimum atomic E-state index is -0.140. The summed E-state index contributed by atoms with van der Waals surface area (Å²) in [5.74, 6) is -0.140. The van der Waals surface area contributed by atoms with Crippen molar-refractivity contribution in [1.29, 1.82) is 0 Å². The van der Waals surface area contributed by atoms with Gasteiger partial charge in [0.05, 0.1) is 7.11 Å². The maximum Gasteiger partial charge on any atom is 0.305 e. The highest BCUT2D eigenvalue weighted by Gasteiger charge is 2.04. The number of para-hydroxylation sites is 1. The molecule has 3 heteroatoms. The van der Waals surface area contributed by atoms with E-state index in [0.29, 0.717) is 6.42 Å². The molecule has 1 aromatic carbocycles. The van der Waals surface area contributed by atoms with Gasteiger partial charge in [0, 0.05) is 18.1 Å². The van der Waals surface area contributed by atoms with Crippen LogP contribution in [0.15, 0.2) is 30.5 Å². The zero-order valence-corrected chi connectivity index (χ0v) is 9.32. The second-order valence-electron chi connectivity index (χ2n) is 3.79. The molecule has 0 fully saturated rings. The van der Waals surface area contributed by atoms with E-state index in [9.17, 15) is 4.79 Å². The van der Waals surface area contributed by atoms with E-state index in [1.807, 2.05) is 12.3 Å². The molecule has 84 valence electrons. The van der Waals surface area contributed by atoms with E-state index in [1.54, 1.807) is 0 Å². The van der Waals surface area contributed by atoms with E-state index in [-0.39, 0.29) is 5.97 Å². The first-order valence-corrected chi connectivity index (χ1v) is 5.43. The van der Waals surface area contributed by atoms with Gasteiger partial charge in [0.2, 0.25) is 0 Å². The Balaban J connectivity index is 2.04. The Hall–Kier alpha value is -1.77. The molecule has 1 N–H and O–H groups in total. The number of H-pyrrole nitrogens is 1. The van der Waals surface area contributed by atoms with Crippen molar-refractivity contribution in [2.75, 3.05) is 7.11 Å². The molecule has 16 heavy (non-hydrogen) atoms. The molecule has 0 atom stereocenters. The van der Waals surface area contributed by atoms with E-state index in [2.05, 4.69) is 27.9 Å². The number of carbonyl (C=O) groups is 1. The minimum absolute atomic E-state index is 0.140. The molecule has 0 aliphatic rings. The topological polar surface area (TPSA) is 42.1 Å². The number of hydrogen-bond acceptors (Lipinski definition) is 2. The molecule has 0 saturated carbocycles. The summed E-state index contributed by atoms with van der Waals surface area (Å²) < 4.78 is 4.61. The fourth-order valence-corrected chi connectivity index (χ4v) is 1.88. The van der Waals surface area contributed by atoms with Crippen molar-refractivity contribution in [3.63, 3.8) is 0 Å². The molecule has 3 nitrogen and oxygen atoms in total. The lowest BCUT2D eigenvalue weighted by Crippen LogP contribution is -2.00. The number of hydrogen-bond donors (Lipinski definition) is 1. The predicted molar refractivity (Wildman–Crippen MR) is 63.3 cm³/mol. The van der Waals surface area contributed by atoms with Gasteiger partial charge >= 0.3 is 5.97 Å². The fraction of sp³-hybridized carbons (Fsp3) is 0.308. The number of aromatic nitrogens is 1. The average Bonchev–Trinajstić information content (AvgIpc) is 2.77. The lowest BCUT2D eigenvalue weighted by atomic mass is 10.1. The van der Waals surface area contributed by atoms with Gasteiger partial charge in [-0.1, -0.05) is 18.2 Å². The highest BCUT2D eigenvalue weighted by atomic mass is 16.5. The Morgan fingerprint density at radius 1 is 1.38 bits per heavy atom. The summed E-state index contributed by atoms with van der Waals surface area (Å²) in [5.41, 5.74) is 2.43. The zero-order chi connectivity index (χ0) is 11.4. The normalized spacial score (nSPS) is 10.6. The third kappa shape index (κ3) is 2.24. The van der Waals surface area contributed by atoms with Gasteiger partial charge in [0.25, 0.3) is 0 Å². The molecular formula is C13H15NO2. The van der Waals surface area contributed by atoms with Crippen LogP contribution in [0.1, 0.15) is 18.4 Å². The summed E-state index contributed by atoms with van der Waals surface area (Å²) >= 11 is 0. The van der Waals surface area contributed by atoms with Crippen molar-refractivity contribution >= 4 is 16.9 Å². The number of benzene rings is 1. The Morgan fingerprint density at radius 3 is 3.06 bits per heavy atom. The third-order valence-corrected chi connectivity index (χ3v) is 2.73. The number of aromatic amines is 1. The molecule has 1 heterocycles. The lowest BCUT2D eigenvalue weighted by Gasteiger charge is -2.02. The van der Waals surface area contributed by atoms with E-state index in [0.717, 1.165) is 12.8 Å². The molecule has 0 bridgehead atoms. The van der Waals surface area contributed by atoms with Gasteiger partial charge in [-0.2, -0.15) is 0 Å². The Bertz CT molecular complexity index is 487. The van der Waals surface area contributed by atoms with E-state index in [4.69, 9.17) is 0 Å². The number of rotatable bonds is 4. The number of fused-ring (bicyclic) bond motifs is 1. The molecule has 0 amide bonds. The molecule has 0 saturated heterocycles. The van der Waals surface area contributed by atoms with Crippen molar-refractivity contribution in [3.8, 4) is 0 Å². The lowest BCUT2D eigenvalue weighted by molar-refractivity contribution is -0.140. The van der Waals surface area contributed by atoms with Crippen LogP contribution in [0.2, 0.25) is 0 Å². The molecule has 0 aliphatic carbocycles. The number of carbonyl (C=O) groups excluding carboxylic acids is 1. The summed E-state index contributed by atoms with van der Waals surface area (Å²) in [7, 11) is 1.42. The van der Waals surface area contributed by atoms with Gasteiger partial charge in [0.1, 0.15) is 0 Å². The Labute approximate surface area is 94.4 Å². The monoisotopic (exact) mass is 217 g/mol.